The number of hydrogen-bond donors (Lipinski definition) is 1. The smallest absolute Gasteiger partial charge is 0.410 e. The van der Waals surface area contributed by atoms with E-state index in [1.54, 1.807) is 31.4 Å². The second-order valence-corrected chi connectivity index (χ2v) is 6.77. The summed E-state index contributed by atoms with van der Waals surface area (Å²) in [5.41, 5.74) is 1.46. The normalized spacial score (nSPS) is 11.4. The van der Waals surface area contributed by atoms with Crippen LogP contribution in [0, 0.1) is 5.82 Å². The van der Waals surface area contributed by atoms with Gasteiger partial charge in [-0.15, -0.1) is 0 Å². The number of H-pyrrole nitrogens is 1. The summed E-state index contributed by atoms with van der Waals surface area (Å²) in [6, 6.07) is 6.23. The quantitative estimate of drug-likeness (QED) is 0.870. The molecule has 23 heavy (non-hydrogen) atoms. The number of hydrogen-bond acceptors (Lipinski definition) is 2. The van der Waals surface area contributed by atoms with Gasteiger partial charge in [-0.25, -0.2) is 9.18 Å². The van der Waals surface area contributed by atoms with Gasteiger partial charge in [-0.3, -0.25) is 0 Å². The molecular weight excluding hydrogens is 319 g/mol. The first kappa shape index (κ1) is 17.3. The summed E-state index contributed by atoms with van der Waals surface area (Å²) in [4.78, 5) is 16.5. The molecule has 2 aromatic rings. The standard InChI is InChI=1S/C17H20ClFN2O2/c1-17(2,3)21(4)16(22)23-10-11-7-15(20-9-11)13-6-5-12(18)8-14(13)19/h5-9,20H,10H2,1-4H3. The van der Waals surface area contributed by atoms with Gasteiger partial charge in [0, 0.05) is 40.6 Å². The highest BCUT2D eigenvalue weighted by atomic mass is 35.5. The third-order valence-corrected chi connectivity index (χ3v) is 3.84. The molecule has 1 N–H and O–H groups in total. The topological polar surface area (TPSA) is 45.3 Å². The van der Waals surface area contributed by atoms with Crippen molar-refractivity contribution in [3.8, 4) is 11.3 Å². The Morgan fingerprint density at radius 2 is 2.04 bits per heavy atom. The Hall–Kier alpha value is -2.01. The van der Waals surface area contributed by atoms with E-state index < -0.39 is 11.9 Å². The van der Waals surface area contributed by atoms with E-state index in [1.807, 2.05) is 20.8 Å². The summed E-state index contributed by atoms with van der Waals surface area (Å²) in [7, 11) is 1.69. The number of halogens is 2. The van der Waals surface area contributed by atoms with Crippen LogP contribution in [0.3, 0.4) is 0 Å². The van der Waals surface area contributed by atoms with Gasteiger partial charge in [-0.05, 0) is 45.0 Å². The van der Waals surface area contributed by atoms with Crippen LogP contribution < -0.4 is 0 Å². The number of ether oxygens (including phenoxy) is 1. The zero-order valence-corrected chi connectivity index (χ0v) is 14.4. The fourth-order valence-corrected chi connectivity index (χ4v) is 2.06. The minimum absolute atomic E-state index is 0.116. The highest BCUT2D eigenvalue weighted by Gasteiger charge is 2.23. The number of benzene rings is 1. The van der Waals surface area contributed by atoms with Crippen LogP contribution in [-0.4, -0.2) is 28.6 Å². The van der Waals surface area contributed by atoms with Gasteiger partial charge in [0.2, 0.25) is 0 Å². The summed E-state index contributed by atoms with van der Waals surface area (Å²) in [6.07, 6.45) is 1.28. The summed E-state index contributed by atoms with van der Waals surface area (Å²) in [6.45, 7) is 5.88. The number of rotatable bonds is 3. The van der Waals surface area contributed by atoms with Crippen molar-refractivity contribution in [1.82, 2.24) is 9.88 Å². The lowest BCUT2D eigenvalue weighted by atomic mass is 10.1. The van der Waals surface area contributed by atoms with Crippen LogP contribution in [-0.2, 0) is 11.3 Å². The van der Waals surface area contributed by atoms with Crippen LogP contribution in [0.1, 0.15) is 26.3 Å². The molecule has 0 unspecified atom stereocenters. The molecule has 0 atom stereocenters. The van der Waals surface area contributed by atoms with Crippen LogP contribution >= 0.6 is 11.6 Å². The molecule has 1 aromatic heterocycles. The molecule has 1 aromatic carbocycles. The first-order chi connectivity index (χ1) is 10.7. The molecule has 0 saturated carbocycles. The van der Waals surface area contributed by atoms with Gasteiger partial charge < -0.3 is 14.6 Å². The fraction of sp³-hybridized carbons (Fsp3) is 0.353. The molecule has 0 aliphatic heterocycles. The highest BCUT2D eigenvalue weighted by Crippen LogP contribution is 2.25. The third kappa shape index (κ3) is 4.26. The summed E-state index contributed by atoms with van der Waals surface area (Å²) in [5, 5.41) is 0.345. The molecule has 124 valence electrons. The van der Waals surface area contributed by atoms with E-state index in [2.05, 4.69) is 4.98 Å². The molecule has 1 amide bonds. The van der Waals surface area contributed by atoms with Crippen molar-refractivity contribution < 1.29 is 13.9 Å². The predicted octanol–water partition coefficient (Wildman–Crippen LogP) is 4.84. The lowest BCUT2D eigenvalue weighted by Crippen LogP contribution is -2.42. The number of nitrogens with zero attached hydrogens (tertiary/aromatic N) is 1. The summed E-state index contributed by atoms with van der Waals surface area (Å²) in [5.74, 6) is -0.407. The van der Waals surface area contributed by atoms with Crippen molar-refractivity contribution in [1.29, 1.82) is 0 Å². The number of carbonyl (C=O) groups excluding carboxylic acids is 1. The predicted molar refractivity (Wildman–Crippen MR) is 88.9 cm³/mol. The van der Waals surface area contributed by atoms with Crippen molar-refractivity contribution >= 4 is 17.7 Å². The molecule has 2 rings (SSSR count). The van der Waals surface area contributed by atoms with E-state index in [0.717, 1.165) is 5.56 Å². The molecule has 0 spiro atoms. The summed E-state index contributed by atoms with van der Waals surface area (Å²) < 4.78 is 19.2. The second-order valence-electron chi connectivity index (χ2n) is 6.33. The Balaban J connectivity index is 2.04. The van der Waals surface area contributed by atoms with Crippen molar-refractivity contribution in [2.75, 3.05) is 7.05 Å². The fourth-order valence-electron chi connectivity index (χ4n) is 1.90. The third-order valence-electron chi connectivity index (χ3n) is 3.61. The maximum atomic E-state index is 13.9. The Morgan fingerprint density at radius 1 is 1.35 bits per heavy atom. The first-order valence-electron chi connectivity index (χ1n) is 7.22. The number of aromatic amines is 1. The van der Waals surface area contributed by atoms with Gasteiger partial charge in [-0.1, -0.05) is 11.6 Å². The molecule has 0 fully saturated rings. The lowest BCUT2D eigenvalue weighted by molar-refractivity contribution is 0.0760. The molecular formula is C17H20ClFN2O2. The molecule has 0 aliphatic rings. The monoisotopic (exact) mass is 338 g/mol. The molecule has 0 bridgehead atoms. The molecule has 0 aliphatic carbocycles. The van der Waals surface area contributed by atoms with E-state index in [0.29, 0.717) is 16.3 Å². The second kappa shape index (κ2) is 6.62. The average molecular weight is 339 g/mol. The largest absolute Gasteiger partial charge is 0.444 e. The Morgan fingerprint density at radius 3 is 2.65 bits per heavy atom. The highest BCUT2D eigenvalue weighted by molar-refractivity contribution is 6.30. The summed E-state index contributed by atoms with van der Waals surface area (Å²) >= 11 is 5.75. The van der Waals surface area contributed by atoms with Crippen molar-refractivity contribution in [2.24, 2.45) is 0 Å². The van der Waals surface area contributed by atoms with Crippen molar-refractivity contribution in [3.63, 3.8) is 0 Å². The SMILES string of the molecule is CN(C(=O)OCc1c[nH]c(-c2ccc(Cl)cc2F)c1)C(C)(C)C. The molecule has 0 saturated heterocycles. The van der Waals surface area contributed by atoms with E-state index >= 15 is 0 Å². The first-order valence-corrected chi connectivity index (χ1v) is 7.59. The van der Waals surface area contributed by atoms with E-state index in [1.165, 1.54) is 11.0 Å². The van der Waals surface area contributed by atoms with E-state index in [-0.39, 0.29) is 12.1 Å². The number of amides is 1. The lowest BCUT2D eigenvalue weighted by Gasteiger charge is -2.30. The minimum atomic E-state index is -0.407. The number of aromatic nitrogens is 1. The average Bonchev–Trinajstić information content (AvgIpc) is 2.91. The van der Waals surface area contributed by atoms with Gasteiger partial charge in [0.25, 0.3) is 0 Å². The van der Waals surface area contributed by atoms with Crippen LogP contribution in [0.2, 0.25) is 5.02 Å². The van der Waals surface area contributed by atoms with Crippen molar-refractivity contribution in [2.45, 2.75) is 32.9 Å². The minimum Gasteiger partial charge on any atom is -0.444 e. The molecule has 4 nitrogen and oxygen atoms in total. The zero-order chi connectivity index (χ0) is 17.2. The van der Waals surface area contributed by atoms with Crippen LogP contribution in [0.25, 0.3) is 11.3 Å². The molecule has 6 heteroatoms. The Bertz CT molecular complexity index is 707. The maximum absolute atomic E-state index is 13.9. The van der Waals surface area contributed by atoms with Crippen LogP contribution in [0.5, 0.6) is 0 Å². The van der Waals surface area contributed by atoms with Crippen LogP contribution in [0.15, 0.2) is 30.5 Å². The molecule has 1 heterocycles. The van der Waals surface area contributed by atoms with Gasteiger partial charge >= 0.3 is 6.09 Å². The Kier molecular flexibility index (Phi) is 5.00. The van der Waals surface area contributed by atoms with Gasteiger partial charge in [0.1, 0.15) is 12.4 Å². The number of nitrogens with one attached hydrogen (secondary N) is 1. The molecule has 0 radical (unpaired) electrons. The number of carbonyl (C=O) groups is 1. The van der Waals surface area contributed by atoms with E-state index in [4.69, 9.17) is 16.3 Å². The van der Waals surface area contributed by atoms with Gasteiger partial charge in [0.15, 0.2) is 0 Å². The van der Waals surface area contributed by atoms with Gasteiger partial charge in [0.05, 0.1) is 0 Å². The Labute approximate surface area is 140 Å². The maximum Gasteiger partial charge on any atom is 0.410 e. The zero-order valence-electron chi connectivity index (χ0n) is 13.6. The van der Waals surface area contributed by atoms with Crippen LogP contribution in [0.4, 0.5) is 9.18 Å². The van der Waals surface area contributed by atoms with Crippen molar-refractivity contribution in [3.05, 3.63) is 46.9 Å². The van der Waals surface area contributed by atoms with Gasteiger partial charge in [-0.2, -0.15) is 0 Å². The van der Waals surface area contributed by atoms with E-state index in [9.17, 15) is 9.18 Å².